The fourth-order valence-corrected chi connectivity index (χ4v) is 4.26. The second kappa shape index (κ2) is 11.8. The van der Waals surface area contributed by atoms with Crippen LogP contribution in [0.1, 0.15) is 17.0 Å². The van der Waals surface area contributed by atoms with E-state index < -0.39 is 0 Å². The van der Waals surface area contributed by atoms with Crippen molar-refractivity contribution in [1.82, 2.24) is 14.8 Å². The summed E-state index contributed by atoms with van der Waals surface area (Å²) < 4.78 is 13.2. The van der Waals surface area contributed by atoms with E-state index in [1.807, 2.05) is 66.1 Å². The van der Waals surface area contributed by atoms with Gasteiger partial charge in [-0.1, -0.05) is 71.4 Å². The highest BCUT2D eigenvalue weighted by atomic mass is 35.5. The van der Waals surface area contributed by atoms with E-state index in [1.54, 1.807) is 25.3 Å². The summed E-state index contributed by atoms with van der Waals surface area (Å²) in [7, 11) is 1.54. The first-order valence-corrected chi connectivity index (χ1v) is 12.3. The van der Waals surface area contributed by atoms with E-state index in [4.69, 9.17) is 21.1 Å². The van der Waals surface area contributed by atoms with Gasteiger partial charge in [-0.3, -0.25) is 9.36 Å². The van der Waals surface area contributed by atoms with Crippen molar-refractivity contribution < 1.29 is 14.3 Å². The molecule has 0 aliphatic rings. The Morgan fingerprint density at radius 3 is 2.57 bits per heavy atom. The molecule has 0 fully saturated rings. The molecular weight excluding hydrogens is 484 g/mol. The van der Waals surface area contributed by atoms with Crippen molar-refractivity contribution in [3.05, 3.63) is 94.8 Å². The normalized spacial score (nSPS) is 10.7. The van der Waals surface area contributed by atoms with Crippen LogP contribution in [0.2, 0.25) is 5.02 Å². The fraction of sp³-hybridized carbons (Fsp3) is 0.192. The van der Waals surface area contributed by atoms with Gasteiger partial charge in [-0.2, -0.15) is 0 Å². The van der Waals surface area contributed by atoms with Crippen LogP contribution in [0.4, 0.5) is 5.69 Å². The topological polar surface area (TPSA) is 78.3 Å². The molecule has 1 amide bonds. The highest BCUT2D eigenvalue weighted by Gasteiger charge is 2.16. The number of thioether (sulfide) groups is 1. The van der Waals surface area contributed by atoms with Crippen LogP contribution in [-0.4, -0.2) is 33.5 Å². The summed E-state index contributed by atoms with van der Waals surface area (Å²) in [4.78, 5) is 12.7. The Morgan fingerprint density at radius 2 is 1.83 bits per heavy atom. The molecule has 180 valence electrons. The van der Waals surface area contributed by atoms with E-state index in [0.29, 0.717) is 34.0 Å². The monoisotopic (exact) mass is 508 g/mol. The number of carbonyl (C=O) groups is 1. The number of benzene rings is 3. The second-order valence-corrected chi connectivity index (χ2v) is 9.13. The van der Waals surface area contributed by atoms with Gasteiger partial charge in [0, 0.05) is 5.02 Å². The van der Waals surface area contributed by atoms with E-state index in [-0.39, 0.29) is 18.3 Å². The van der Waals surface area contributed by atoms with Gasteiger partial charge in [0.2, 0.25) is 5.91 Å². The first-order chi connectivity index (χ1) is 17.0. The van der Waals surface area contributed by atoms with Gasteiger partial charge in [-0.05, 0) is 42.8 Å². The molecule has 0 aliphatic carbocycles. The molecule has 0 radical (unpaired) electrons. The summed E-state index contributed by atoms with van der Waals surface area (Å²) in [5.41, 5.74) is 2.78. The number of amides is 1. The molecule has 0 aliphatic heterocycles. The van der Waals surface area contributed by atoms with Gasteiger partial charge in [-0.25, -0.2) is 0 Å². The number of hydrogen-bond donors (Lipinski definition) is 1. The lowest BCUT2D eigenvalue weighted by Crippen LogP contribution is -2.16. The summed E-state index contributed by atoms with van der Waals surface area (Å²) in [5.74, 6) is 1.90. The molecule has 0 saturated carbocycles. The summed E-state index contributed by atoms with van der Waals surface area (Å²) in [6.07, 6.45) is 0. The largest absolute Gasteiger partial charge is 0.495 e. The number of halogens is 1. The van der Waals surface area contributed by atoms with Crippen LogP contribution in [-0.2, 0) is 17.9 Å². The number of carbonyl (C=O) groups excluding carboxylic acids is 1. The molecular formula is C26H25ClN4O3S. The third kappa shape index (κ3) is 6.77. The molecule has 0 saturated heterocycles. The lowest BCUT2D eigenvalue weighted by atomic mass is 10.2. The SMILES string of the molecule is COc1ccc(Cl)cc1NC(=O)CSc1nnc(COc2ccc(C)cc2)n1Cc1ccccc1. The van der Waals surface area contributed by atoms with E-state index in [2.05, 4.69) is 15.5 Å². The number of ether oxygens (including phenoxy) is 2. The minimum atomic E-state index is -0.206. The molecule has 4 rings (SSSR count). The van der Waals surface area contributed by atoms with Crippen LogP contribution in [0.25, 0.3) is 0 Å². The molecule has 35 heavy (non-hydrogen) atoms. The van der Waals surface area contributed by atoms with Gasteiger partial charge in [0.1, 0.15) is 18.1 Å². The van der Waals surface area contributed by atoms with Crippen molar-refractivity contribution >= 4 is 35.0 Å². The number of anilines is 1. The highest BCUT2D eigenvalue weighted by Crippen LogP contribution is 2.28. The lowest BCUT2D eigenvalue weighted by molar-refractivity contribution is -0.113. The van der Waals surface area contributed by atoms with Crippen molar-refractivity contribution in [3.63, 3.8) is 0 Å². The van der Waals surface area contributed by atoms with Crippen LogP contribution >= 0.6 is 23.4 Å². The number of nitrogens with zero attached hydrogens (tertiary/aromatic N) is 3. The molecule has 9 heteroatoms. The second-order valence-electron chi connectivity index (χ2n) is 7.75. The molecule has 3 aromatic carbocycles. The Hall–Kier alpha value is -3.49. The zero-order chi connectivity index (χ0) is 24.6. The van der Waals surface area contributed by atoms with Gasteiger partial charge in [0.15, 0.2) is 11.0 Å². The molecule has 0 atom stereocenters. The highest BCUT2D eigenvalue weighted by molar-refractivity contribution is 7.99. The summed E-state index contributed by atoms with van der Waals surface area (Å²) in [5, 5.41) is 12.7. The lowest BCUT2D eigenvalue weighted by Gasteiger charge is -2.12. The summed E-state index contributed by atoms with van der Waals surface area (Å²) in [6.45, 7) is 2.85. The maximum absolute atomic E-state index is 12.7. The Bertz CT molecular complexity index is 1280. The standard InChI is InChI=1S/C26H25ClN4O3S/c1-18-8-11-21(12-9-18)34-16-24-29-30-26(31(24)15-19-6-4-3-5-7-19)35-17-25(32)28-22-14-20(27)10-13-23(22)33-2/h3-14H,15-17H2,1-2H3,(H,28,32). The zero-order valence-electron chi connectivity index (χ0n) is 19.4. The van der Waals surface area contributed by atoms with Gasteiger partial charge in [-0.15, -0.1) is 10.2 Å². The van der Waals surface area contributed by atoms with Crippen molar-refractivity contribution in [2.75, 3.05) is 18.2 Å². The van der Waals surface area contributed by atoms with Gasteiger partial charge < -0.3 is 14.8 Å². The molecule has 0 unspecified atom stereocenters. The number of rotatable bonds is 10. The molecule has 1 N–H and O–H groups in total. The molecule has 7 nitrogen and oxygen atoms in total. The number of hydrogen-bond acceptors (Lipinski definition) is 6. The van der Waals surface area contributed by atoms with Gasteiger partial charge >= 0.3 is 0 Å². The maximum atomic E-state index is 12.7. The van der Waals surface area contributed by atoms with Gasteiger partial charge in [0.05, 0.1) is 25.1 Å². The average Bonchev–Trinajstić information content (AvgIpc) is 3.24. The van der Waals surface area contributed by atoms with E-state index >= 15 is 0 Å². The number of nitrogens with one attached hydrogen (secondary N) is 1. The van der Waals surface area contributed by atoms with E-state index in [0.717, 1.165) is 16.9 Å². The van der Waals surface area contributed by atoms with E-state index in [9.17, 15) is 4.79 Å². The third-order valence-corrected chi connectivity index (χ3v) is 6.34. The number of methoxy groups -OCH3 is 1. The molecule has 4 aromatic rings. The van der Waals surface area contributed by atoms with Crippen LogP contribution < -0.4 is 14.8 Å². The van der Waals surface area contributed by atoms with Crippen molar-refractivity contribution in [2.45, 2.75) is 25.2 Å². The van der Waals surface area contributed by atoms with Gasteiger partial charge in [0.25, 0.3) is 0 Å². The molecule has 1 heterocycles. The first-order valence-electron chi connectivity index (χ1n) is 10.9. The minimum Gasteiger partial charge on any atom is -0.495 e. The first kappa shape index (κ1) is 24.6. The predicted molar refractivity (Wildman–Crippen MR) is 138 cm³/mol. The van der Waals surface area contributed by atoms with Crippen molar-refractivity contribution in [1.29, 1.82) is 0 Å². The minimum absolute atomic E-state index is 0.140. The van der Waals surface area contributed by atoms with Crippen molar-refractivity contribution in [3.8, 4) is 11.5 Å². The predicted octanol–water partition coefficient (Wildman–Crippen LogP) is 5.61. The van der Waals surface area contributed by atoms with E-state index in [1.165, 1.54) is 11.8 Å². The quantitative estimate of drug-likeness (QED) is 0.281. The molecule has 1 aromatic heterocycles. The summed E-state index contributed by atoms with van der Waals surface area (Å²) >= 11 is 7.37. The molecule has 0 spiro atoms. The zero-order valence-corrected chi connectivity index (χ0v) is 21.0. The average molecular weight is 509 g/mol. The van der Waals surface area contributed by atoms with Crippen LogP contribution in [0, 0.1) is 6.92 Å². The Kier molecular flexibility index (Phi) is 8.28. The molecule has 0 bridgehead atoms. The number of aromatic nitrogens is 3. The Balaban J connectivity index is 1.47. The number of aryl methyl sites for hydroxylation is 1. The fourth-order valence-electron chi connectivity index (χ4n) is 3.33. The van der Waals surface area contributed by atoms with Crippen LogP contribution in [0.5, 0.6) is 11.5 Å². The Morgan fingerprint density at radius 1 is 1.06 bits per heavy atom. The smallest absolute Gasteiger partial charge is 0.234 e. The van der Waals surface area contributed by atoms with Crippen LogP contribution in [0.3, 0.4) is 0 Å². The van der Waals surface area contributed by atoms with Crippen molar-refractivity contribution in [2.24, 2.45) is 0 Å². The maximum Gasteiger partial charge on any atom is 0.234 e. The van der Waals surface area contributed by atoms with Crippen LogP contribution in [0.15, 0.2) is 78.0 Å². The Labute approximate surface area is 213 Å². The summed E-state index contributed by atoms with van der Waals surface area (Å²) in [6, 6.07) is 22.9. The third-order valence-electron chi connectivity index (χ3n) is 5.13.